The zero-order valence-corrected chi connectivity index (χ0v) is 13.2. The molecule has 1 amide bonds. The van der Waals surface area contributed by atoms with Crippen molar-refractivity contribution in [2.75, 3.05) is 19.8 Å². The van der Waals surface area contributed by atoms with E-state index in [1.165, 1.54) is 18.2 Å². The van der Waals surface area contributed by atoms with Gasteiger partial charge in [-0.05, 0) is 19.1 Å². The van der Waals surface area contributed by atoms with Crippen LogP contribution in [0.25, 0.3) is 0 Å². The molecule has 2 N–H and O–H groups in total. The van der Waals surface area contributed by atoms with Gasteiger partial charge in [-0.15, -0.1) is 0 Å². The molecule has 0 radical (unpaired) electrons. The van der Waals surface area contributed by atoms with E-state index in [1.54, 1.807) is 6.92 Å². The predicted molar refractivity (Wildman–Crippen MR) is 80.1 cm³/mol. The van der Waals surface area contributed by atoms with Gasteiger partial charge in [0, 0.05) is 26.1 Å². The van der Waals surface area contributed by atoms with Crippen LogP contribution in [0.5, 0.6) is 5.75 Å². The van der Waals surface area contributed by atoms with Gasteiger partial charge in [-0.3, -0.25) is 4.79 Å². The molecule has 0 unspecified atom stereocenters. The minimum atomic E-state index is -3.92. The lowest BCUT2D eigenvalue weighted by atomic mass is 9.89. The second kappa shape index (κ2) is 7.12. The quantitative estimate of drug-likeness (QED) is 0.824. The van der Waals surface area contributed by atoms with Crippen molar-refractivity contribution >= 4 is 11.9 Å². The average molecular weight is 343 g/mol. The number of nitrogens with one attached hydrogen (secondary N) is 1. The standard InChI is InChI=1S/C16H19F2NO5/c1-2-24-12-6-4-3-5-11(12)16(17,18)13(20)19-15(14(21)22)7-9-23-10-8-15/h3-6H,2,7-10H2,1H3,(H,19,20)(H,21,22). The van der Waals surface area contributed by atoms with Crippen molar-refractivity contribution in [3.8, 4) is 5.75 Å². The number of halogens is 2. The van der Waals surface area contributed by atoms with E-state index in [2.05, 4.69) is 0 Å². The summed E-state index contributed by atoms with van der Waals surface area (Å²) in [6.45, 7) is 1.95. The molecule has 0 aliphatic carbocycles. The van der Waals surface area contributed by atoms with Crippen molar-refractivity contribution in [3.63, 3.8) is 0 Å². The van der Waals surface area contributed by atoms with Crippen LogP contribution < -0.4 is 10.1 Å². The summed E-state index contributed by atoms with van der Waals surface area (Å²) < 4.78 is 39.4. The van der Waals surface area contributed by atoms with Crippen LogP contribution in [-0.2, 0) is 20.2 Å². The topological polar surface area (TPSA) is 84.9 Å². The highest BCUT2D eigenvalue weighted by Gasteiger charge is 2.50. The van der Waals surface area contributed by atoms with Crippen molar-refractivity contribution in [2.24, 2.45) is 0 Å². The Labute approximate surface area is 137 Å². The Morgan fingerprint density at radius 2 is 1.96 bits per heavy atom. The van der Waals surface area contributed by atoms with E-state index in [0.29, 0.717) is 0 Å². The van der Waals surface area contributed by atoms with Gasteiger partial charge in [0.05, 0.1) is 12.2 Å². The number of hydrogen-bond acceptors (Lipinski definition) is 4. The third-order valence-electron chi connectivity index (χ3n) is 3.92. The maximum atomic E-state index is 14.6. The Balaban J connectivity index is 2.28. The molecular weight excluding hydrogens is 324 g/mol. The number of carboxylic acids is 1. The van der Waals surface area contributed by atoms with Crippen LogP contribution in [0.4, 0.5) is 8.78 Å². The van der Waals surface area contributed by atoms with E-state index in [0.717, 1.165) is 6.07 Å². The smallest absolute Gasteiger partial charge is 0.353 e. The van der Waals surface area contributed by atoms with Gasteiger partial charge >= 0.3 is 11.9 Å². The molecule has 0 saturated carbocycles. The number of aliphatic carboxylic acids is 1. The minimum absolute atomic E-state index is 0.0722. The van der Waals surface area contributed by atoms with Crippen LogP contribution in [0.2, 0.25) is 0 Å². The third-order valence-corrected chi connectivity index (χ3v) is 3.92. The van der Waals surface area contributed by atoms with Crippen molar-refractivity contribution < 1.29 is 33.0 Å². The van der Waals surface area contributed by atoms with Crippen LogP contribution >= 0.6 is 0 Å². The van der Waals surface area contributed by atoms with Gasteiger partial charge in [-0.2, -0.15) is 8.78 Å². The van der Waals surface area contributed by atoms with Crippen molar-refractivity contribution in [1.82, 2.24) is 5.32 Å². The fourth-order valence-electron chi connectivity index (χ4n) is 2.54. The molecule has 1 fully saturated rings. The van der Waals surface area contributed by atoms with Gasteiger partial charge in [0.2, 0.25) is 0 Å². The van der Waals surface area contributed by atoms with Crippen molar-refractivity contribution in [3.05, 3.63) is 29.8 Å². The molecule has 0 aromatic heterocycles. The number of rotatable bonds is 6. The van der Waals surface area contributed by atoms with E-state index < -0.39 is 28.9 Å². The molecule has 0 atom stereocenters. The van der Waals surface area contributed by atoms with E-state index >= 15 is 0 Å². The lowest BCUT2D eigenvalue weighted by Gasteiger charge is -2.35. The molecule has 1 aliphatic rings. The number of hydrogen-bond donors (Lipinski definition) is 2. The molecule has 24 heavy (non-hydrogen) atoms. The molecule has 132 valence electrons. The molecule has 0 bridgehead atoms. The summed E-state index contributed by atoms with van der Waals surface area (Å²) in [5.74, 6) is -7.06. The molecule has 2 rings (SSSR count). The maximum absolute atomic E-state index is 14.6. The summed E-state index contributed by atoms with van der Waals surface area (Å²) in [6.07, 6.45) is -0.144. The Morgan fingerprint density at radius 3 is 2.54 bits per heavy atom. The summed E-state index contributed by atoms with van der Waals surface area (Å²) in [4.78, 5) is 23.7. The molecule has 0 spiro atoms. The molecular formula is C16H19F2NO5. The van der Waals surface area contributed by atoms with Crippen LogP contribution in [0, 0.1) is 0 Å². The van der Waals surface area contributed by atoms with Crippen LogP contribution in [0.3, 0.4) is 0 Å². The molecule has 1 heterocycles. The van der Waals surface area contributed by atoms with E-state index in [-0.39, 0.29) is 38.4 Å². The largest absolute Gasteiger partial charge is 0.493 e. The summed E-state index contributed by atoms with van der Waals surface area (Å²) in [6, 6.07) is 5.30. The second-order valence-electron chi connectivity index (χ2n) is 5.46. The highest BCUT2D eigenvalue weighted by Crippen LogP contribution is 2.36. The van der Waals surface area contributed by atoms with Gasteiger partial charge < -0.3 is 19.9 Å². The Hall–Kier alpha value is -2.22. The summed E-state index contributed by atoms with van der Waals surface area (Å²) in [5, 5.41) is 11.4. The fourth-order valence-corrected chi connectivity index (χ4v) is 2.54. The number of para-hydroxylation sites is 1. The number of carbonyl (C=O) groups excluding carboxylic acids is 1. The Kier molecular flexibility index (Phi) is 5.38. The zero-order valence-electron chi connectivity index (χ0n) is 13.2. The lowest BCUT2D eigenvalue weighted by molar-refractivity contribution is -0.160. The average Bonchev–Trinajstić information content (AvgIpc) is 2.56. The van der Waals surface area contributed by atoms with E-state index in [4.69, 9.17) is 9.47 Å². The fraction of sp³-hybridized carbons (Fsp3) is 0.500. The number of ether oxygens (including phenoxy) is 2. The van der Waals surface area contributed by atoms with Crippen molar-refractivity contribution in [1.29, 1.82) is 0 Å². The number of carboxylic acid groups (broad SMARTS) is 1. The minimum Gasteiger partial charge on any atom is -0.493 e. The van der Waals surface area contributed by atoms with Crippen LogP contribution in [0.1, 0.15) is 25.3 Å². The van der Waals surface area contributed by atoms with Gasteiger partial charge in [0.1, 0.15) is 11.3 Å². The highest BCUT2D eigenvalue weighted by molar-refractivity contribution is 5.91. The first kappa shape index (κ1) is 18.1. The molecule has 1 saturated heterocycles. The number of carbonyl (C=O) groups is 2. The van der Waals surface area contributed by atoms with Crippen LogP contribution in [0.15, 0.2) is 24.3 Å². The summed E-state index contributed by atoms with van der Waals surface area (Å²) in [7, 11) is 0. The van der Waals surface area contributed by atoms with Crippen LogP contribution in [-0.4, -0.2) is 42.3 Å². The Bertz CT molecular complexity index is 614. The summed E-state index contributed by atoms with van der Waals surface area (Å²) >= 11 is 0. The van der Waals surface area contributed by atoms with Gasteiger partial charge in [0.15, 0.2) is 0 Å². The monoisotopic (exact) mass is 343 g/mol. The predicted octanol–water partition coefficient (Wildman–Crippen LogP) is 1.93. The lowest BCUT2D eigenvalue weighted by Crippen LogP contribution is -2.60. The molecule has 1 aromatic rings. The molecule has 8 heteroatoms. The van der Waals surface area contributed by atoms with E-state index in [1.807, 2.05) is 5.32 Å². The Morgan fingerprint density at radius 1 is 1.33 bits per heavy atom. The first-order valence-corrected chi connectivity index (χ1v) is 7.57. The number of alkyl halides is 2. The normalized spacial score (nSPS) is 17.1. The van der Waals surface area contributed by atoms with Gasteiger partial charge in [0.25, 0.3) is 5.91 Å². The number of amides is 1. The van der Waals surface area contributed by atoms with Crippen molar-refractivity contribution in [2.45, 2.75) is 31.2 Å². The summed E-state index contributed by atoms with van der Waals surface area (Å²) in [5.41, 5.74) is -2.35. The second-order valence-corrected chi connectivity index (χ2v) is 5.46. The van der Waals surface area contributed by atoms with E-state index in [9.17, 15) is 23.5 Å². The number of benzene rings is 1. The zero-order chi connectivity index (χ0) is 17.8. The first-order chi connectivity index (χ1) is 11.3. The third kappa shape index (κ3) is 3.48. The maximum Gasteiger partial charge on any atom is 0.353 e. The first-order valence-electron chi connectivity index (χ1n) is 7.57. The molecule has 6 nitrogen and oxygen atoms in total. The highest BCUT2D eigenvalue weighted by atomic mass is 19.3. The van der Waals surface area contributed by atoms with Gasteiger partial charge in [-0.1, -0.05) is 12.1 Å². The molecule has 1 aliphatic heterocycles. The molecule has 1 aromatic carbocycles. The van der Waals surface area contributed by atoms with Gasteiger partial charge in [-0.25, -0.2) is 4.79 Å². The SMILES string of the molecule is CCOc1ccccc1C(F)(F)C(=O)NC1(C(=O)O)CCOCC1.